The molecule has 0 aromatic carbocycles. The van der Waals surface area contributed by atoms with Crippen molar-refractivity contribution in [2.24, 2.45) is 0 Å². The molecule has 0 radical (unpaired) electrons. The SMILES string of the molecule is C[C@H](NCc1ncccn1)c1cccnc1. The molecular formula is C12H14N4. The van der Waals surface area contributed by atoms with Gasteiger partial charge in [0.05, 0.1) is 6.54 Å². The molecule has 0 bridgehead atoms. The molecule has 0 aliphatic heterocycles. The van der Waals surface area contributed by atoms with Crippen molar-refractivity contribution in [3.8, 4) is 0 Å². The van der Waals surface area contributed by atoms with Gasteiger partial charge in [-0.2, -0.15) is 0 Å². The van der Waals surface area contributed by atoms with E-state index >= 15 is 0 Å². The van der Waals surface area contributed by atoms with Gasteiger partial charge in [0.25, 0.3) is 0 Å². The average molecular weight is 214 g/mol. The lowest BCUT2D eigenvalue weighted by molar-refractivity contribution is 0.557. The van der Waals surface area contributed by atoms with Crippen LogP contribution in [0.25, 0.3) is 0 Å². The molecule has 4 heteroatoms. The molecule has 2 aromatic rings. The first kappa shape index (κ1) is 10.7. The zero-order chi connectivity index (χ0) is 11.2. The molecule has 0 amide bonds. The monoisotopic (exact) mass is 214 g/mol. The molecule has 1 N–H and O–H groups in total. The van der Waals surface area contributed by atoms with E-state index in [1.807, 2.05) is 18.3 Å². The van der Waals surface area contributed by atoms with E-state index in [-0.39, 0.29) is 6.04 Å². The third kappa shape index (κ3) is 2.84. The summed E-state index contributed by atoms with van der Waals surface area (Å²) in [5, 5.41) is 3.35. The van der Waals surface area contributed by atoms with E-state index in [1.54, 1.807) is 18.6 Å². The van der Waals surface area contributed by atoms with E-state index < -0.39 is 0 Å². The first-order valence-corrected chi connectivity index (χ1v) is 5.25. The van der Waals surface area contributed by atoms with Crippen LogP contribution in [0.3, 0.4) is 0 Å². The Kier molecular flexibility index (Phi) is 3.56. The fraction of sp³-hybridized carbons (Fsp3) is 0.250. The maximum absolute atomic E-state index is 4.16. The molecule has 2 heterocycles. The minimum Gasteiger partial charge on any atom is -0.303 e. The summed E-state index contributed by atoms with van der Waals surface area (Å²) >= 11 is 0. The Morgan fingerprint density at radius 2 is 2.00 bits per heavy atom. The second kappa shape index (κ2) is 5.32. The summed E-state index contributed by atoms with van der Waals surface area (Å²) in [6.45, 7) is 2.76. The summed E-state index contributed by atoms with van der Waals surface area (Å²) in [6.07, 6.45) is 7.14. The first-order valence-electron chi connectivity index (χ1n) is 5.25. The molecule has 0 fully saturated rings. The molecule has 2 aromatic heterocycles. The van der Waals surface area contributed by atoms with Crippen molar-refractivity contribution in [2.75, 3.05) is 0 Å². The highest BCUT2D eigenvalue weighted by molar-refractivity contribution is 5.12. The summed E-state index contributed by atoms with van der Waals surface area (Å²) in [5.74, 6) is 0.804. The normalized spacial score (nSPS) is 12.3. The number of rotatable bonds is 4. The lowest BCUT2D eigenvalue weighted by atomic mass is 10.1. The maximum atomic E-state index is 4.16. The minimum atomic E-state index is 0.248. The third-order valence-electron chi connectivity index (χ3n) is 2.37. The Morgan fingerprint density at radius 1 is 1.19 bits per heavy atom. The molecular weight excluding hydrogens is 200 g/mol. The van der Waals surface area contributed by atoms with Crippen molar-refractivity contribution in [2.45, 2.75) is 19.5 Å². The molecule has 2 rings (SSSR count). The molecule has 16 heavy (non-hydrogen) atoms. The van der Waals surface area contributed by atoms with Crippen LogP contribution in [0.15, 0.2) is 43.0 Å². The molecule has 82 valence electrons. The van der Waals surface area contributed by atoms with Gasteiger partial charge < -0.3 is 5.32 Å². The number of nitrogens with zero attached hydrogens (tertiary/aromatic N) is 3. The number of pyridine rings is 1. The van der Waals surface area contributed by atoms with Crippen molar-refractivity contribution in [1.82, 2.24) is 20.3 Å². The largest absolute Gasteiger partial charge is 0.303 e. The smallest absolute Gasteiger partial charge is 0.141 e. The van der Waals surface area contributed by atoms with Gasteiger partial charge in [0, 0.05) is 30.8 Å². The highest BCUT2D eigenvalue weighted by Crippen LogP contribution is 2.09. The van der Waals surface area contributed by atoms with Crippen molar-refractivity contribution >= 4 is 0 Å². The molecule has 1 atom stereocenters. The summed E-state index contributed by atoms with van der Waals surface area (Å²) in [4.78, 5) is 12.4. The van der Waals surface area contributed by atoms with Crippen molar-refractivity contribution in [1.29, 1.82) is 0 Å². The fourth-order valence-electron chi connectivity index (χ4n) is 1.42. The van der Waals surface area contributed by atoms with Crippen molar-refractivity contribution < 1.29 is 0 Å². The van der Waals surface area contributed by atoms with Gasteiger partial charge in [-0.05, 0) is 24.6 Å². The van der Waals surface area contributed by atoms with Crippen molar-refractivity contribution in [3.63, 3.8) is 0 Å². The van der Waals surface area contributed by atoms with E-state index in [0.717, 1.165) is 5.82 Å². The van der Waals surface area contributed by atoms with Gasteiger partial charge in [-0.1, -0.05) is 6.07 Å². The lowest BCUT2D eigenvalue weighted by Gasteiger charge is -2.12. The second-order valence-corrected chi connectivity index (χ2v) is 3.55. The summed E-state index contributed by atoms with van der Waals surface area (Å²) in [5.41, 5.74) is 1.17. The number of hydrogen-bond acceptors (Lipinski definition) is 4. The van der Waals surface area contributed by atoms with Crippen LogP contribution in [0.5, 0.6) is 0 Å². The quantitative estimate of drug-likeness (QED) is 0.842. The summed E-state index contributed by atoms with van der Waals surface area (Å²) < 4.78 is 0. The predicted octanol–water partition coefficient (Wildman–Crippen LogP) is 1.72. The summed E-state index contributed by atoms with van der Waals surface area (Å²) in [6, 6.07) is 6.05. The Bertz CT molecular complexity index is 416. The Labute approximate surface area is 94.8 Å². The van der Waals surface area contributed by atoms with E-state index in [9.17, 15) is 0 Å². The fourth-order valence-corrected chi connectivity index (χ4v) is 1.42. The second-order valence-electron chi connectivity index (χ2n) is 3.55. The topological polar surface area (TPSA) is 50.7 Å². The first-order chi connectivity index (χ1) is 7.86. The molecule has 0 spiro atoms. The minimum absolute atomic E-state index is 0.248. The van der Waals surface area contributed by atoms with Gasteiger partial charge in [-0.15, -0.1) is 0 Å². The third-order valence-corrected chi connectivity index (χ3v) is 2.37. The summed E-state index contributed by atoms with van der Waals surface area (Å²) in [7, 11) is 0. The Morgan fingerprint density at radius 3 is 2.69 bits per heavy atom. The maximum Gasteiger partial charge on any atom is 0.141 e. The molecule has 0 aliphatic carbocycles. The number of aromatic nitrogens is 3. The molecule has 0 saturated heterocycles. The number of hydrogen-bond donors (Lipinski definition) is 1. The van der Waals surface area contributed by atoms with Gasteiger partial charge in [-0.25, -0.2) is 9.97 Å². The van der Waals surface area contributed by atoms with Crippen LogP contribution in [-0.2, 0) is 6.54 Å². The molecule has 0 saturated carbocycles. The van der Waals surface area contributed by atoms with Crippen LogP contribution in [0, 0.1) is 0 Å². The molecule has 0 unspecified atom stereocenters. The zero-order valence-corrected chi connectivity index (χ0v) is 9.17. The van der Waals surface area contributed by atoms with Gasteiger partial charge in [0.1, 0.15) is 5.82 Å². The van der Waals surface area contributed by atoms with E-state index in [2.05, 4.69) is 33.3 Å². The van der Waals surface area contributed by atoms with Gasteiger partial charge in [0.2, 0.25) is 0 Å². The zero-order valence-electron chi connectivity index (χ0n) is 9.17. The standard InChI is InChI=1S/C12H14N4/c1-10(11-4-2-5-13-8-11)16-9-12-14-6-3-7-15-12/h2-8,10,16H,9H2,1H3/t10-/m0/s1. The van der Waals surface area contributed by atoms with Gasteiger partial charge >= 0.3 is 0 Å². The van der Waals surface area contributed by atoms with E-state index in [0.29, 0.717) is 6.54 Å². The lowest BCUT2D eigenvalue weighted by Crippen LogP contribution is -2.19. The highest BCUT2D eigenvalue weighted by Gasteiger charge is 2.04. The predicted molar refractivity (Wildman–Crippen MR) is 61.5 cm³/mol. The van der Waals surface area contributed by atoms with Crippen LogP contribution < -0.4 is 5.32 Å². The van der Waals surface area contributed by atoms with Crippen LogP contribution in [0.1, 0.15) is 24.4 Å². The molecule has 4 nitrogen and oxygen atoms in total. The number of nitrogens with one attached hydrogen (secondary N) is 1. The van der Waals surface area contributed by atoms with Crippen LogP contribution in [0.2, 0.25) is 0 Å². The van der Waals surface area contributed by atoms with E-state index in [4.69, 9.17) is 0 Å². The van der Waals surface area contributed by atoms with Crippen molar-refractivity contribution in [3.05, 3.63) is 54.4 Å². The highest BCUT2D eigenvalue weighted by atomic mass is 15.0. The Hall–Kier alpha value is -1.81. The van der Waals surface area contributed by atoms with E-state index in [1.165, 1.54) is 5.56 Å². The van der Waals surface area contributed by atoms with Gasteiger partial charge in [-0.3, -0.25) is 4.98 Å². The molecule has 0 aliphatic rings. The Balaban J connectivity index is 1.92. The van der Waals surface area contributed by atoms with Crippen LogP contribution in [-0.4, -0.2) is 15.0 Å². The van der Waals surface area contributed by atoms with Crippen LogP contribution >= 0.6 is 0 Å². The van der Waals surface area contributed by atoms with Crippen LogP contribution in [0.4, 0.5) is 0 Å². The van der Waals surface area contributed by atoms with Gasteiger partial charge in [0.15, 0.2) is 0 Å². The average Bonchev–Trinajstić information content (AvgIpc) is 2.38.